The minimum absolute atomic E-state index is 0.141. The second kappa shape index (κ2) is 10.6. The van der Waals surface area contributed by atoms with Gasteiger partial charge in [0.2, 0.25) is 0 Å². The van der Waals surface area contributed by atoms with Crippen molar-refractivity contribution < 1.29 is 18.7 Å². The van der Waals surface area contributed by atoms with Crippen LogP contribution in [0.4, 0.5) is 20.8 Å². The van der Waals surface area contributed by atoms with Gasteiger partial charge in [0.15, 0.2) is 0 Å². The van der Waals surface area contributed by atoms with Crippen LogP contribution in [0, 0.1) is 19.7 Å². The molecule has 1 aliphatic rings. The van der Waals surface area contributed by atoms with E-state index < -0.39 is 29.1 Å². The van der Waals surface area contributed by atoms with Crippen molar-refractivity contribution in [2.24, 2.45) is 0 Å². The van der Waals surface area contributed by atoms with Crippen molar-refractivity contribution in [2.75, 3.05) is 36.4 Å². The molecule has 1 N–H and O–H groups in total. The molecule has 0 unspecified atom stereocenters. The van der Waals surface area contributed by atoms with Gasteiger partial charge in [-0.2, -0.15) is 4.98 Å². The summed E-state index contributed by atoms with van der Waals surface area (Å²) in [6.07, 6.45) is -0.395. The van der Waals surface area contributed by atoms with Crippen LogP contribution in [0.3, 0.4) is 0 Å². The van der Waals surface area contributed by atoms with Gasteiger partial charge in [0.25, 0.3) is 5.91 Å². The second-order valence-corrected chi connectivity index (χ2v) is 10.2. The zero-order valence-electron chi connectivity index (χ0n) is 22.2. The van der Waals surface area contributed by atoms with Crippen molar-refractivity contribution in [3.8, 4) is 5.69 Å². The molecule has 2 aromatic carbocycles. The number of carbonyl (C=O) groups is 2. The molecule has 0 atom stereocenters. The van der Waals surface area contributed by atoms with Crippen molar-refractivity contribution in [3.63, 3.8) is 0 Å². The van der Waals surface area contributed by atoms with Gasteiger partial charge in [-0.15, -0.1) is 0 Å². The zero-order valence-corrected chi connectivity index (χ0v) is 22.2. The standard InChI is InChI=1S/C28H32FN5O4/c1-18-9-8-10-19(2)24(18)34-23(30-25(35)20-11-6-7-12-21(20)29)17-22(31-26(34)36)32-13-15-33(16-14-32)27(37)38-28(3,4)5/h6-12,17H,13-16H2,1-5H3,(H,30,35). The summed E-state index contributed by atoms with van der Waals surface area (Å²) in [5, 5.41) is 2.73. The third-order valence-corrected chi connectivity index (χ3v) is 6.19. The lowest BCUT2D eigenvalue weighted by molar-refractivity contribution is 0.0240. The Morgan fingerprint density at radius 3 is 2.21 bits per heavy atom. The van der Waals surface area contributed by atoms with E-state index in [1.165, 1.54) is 22.8 Å². The van der Waals surface area contributed by atoms with Gasteiger partial charge in [-0.25, -0.2) is 18.5 Å². The average Bonchev–Trinajstić information content (AvgIpc) is 2.84. The summed E-state index contributed by atoms with van der Waals surface area (Å²) in [7, 11) is 0. The number of aromatic nitrogens is 2. The SMILES string of the molecule is Cc1cccc(C)c1-n1c(NC(=O)c2ccccc2F)cc(N2CCN(C(=O)OC(C)(C)C)CC2)nc1=O. The lowest BCUT2D eigenvalue weighted by atomic mass is 10.1. The van der Waals surface area contributed by atoms with Crippen molar-refractivity contribution in [2.45, 2.75) is 40.2 Å². The number of anilines is 2. The van der Waals surface area contributed by atoms with Crippen LogP contribution in [0.2, 0.25) is 0 Å². The highest BCUT2D eigenvalue weighted by molar-refractivity contribution is 6.04. The van der Waals surface area contributed by atoms with E-state index in [1.54, 1.807) is 17.0 Å². The maximum Gasteiger partial charge on any atom is 0.410 e. The number of para-hydroxylation sites is 1. The summed E-state index contributed by atoms with van der Waals surface area (Å²) in [6, 6.07) is 12.9. The Hall–Kier alpha value is -4.21. The molecule has 200 valence electrons. The Bertz CT molecular complexity index is 1400. The molecule has 1 saturated heterocycles. The number of nitrogens with one attached hydrogen (secondary N) is 1. The minimum Gasteiger partial charge on any atom is -0.444 e. The number of hydrogen-bond donors (Lipinski definition) is 1. The van der Waals surface area contributed by atoms with Crippen LogP contribution >= 0.6 is 0 Å². The van der Waals surface area contributed by atoms with Crippen molar-refractivity contribution in [1.82, 2.24) is 14.5 Å². The van der Waals surface area contributed by atoms with Crippen LogP contribution in [0.1, 0.15) is 42.3 Å². The fourth-order valence-electron chi connectivity index (χ4n) is 4.37. The van der Waals surface area contributed by atoms with Gasteiger partial charge in [-0.05, 0) is 57.9 Å². The van der Waals surface area contributed by atoms with E-state index in [0.717, 1.165) is 11.1 Å². The van der Waals surface area contributed by atoms with Gasteiger partial charge in [-0.1, -0.05) is 30.3 Å². The first kappa shape index (κ1) is 26.8. The van der Waals surface area contributed by atoms with E-state index >= 15 is 0 Å². The predicted octanol–water partition coefficient (Wildman–Crippen LogP) is 4.30. The fraction of sp³-hybridized carbons (Fsp3) is 0.357. The summed E-state index contributed by atoms with van der Waals surface area (Å²) in [4.78, 5) is 46.7. The Balaban J connectivity index is 1.69. The summed E-state index contributed by atoms with van der Waals surface area (Å²) >= 11 is 0. The Kier molecular flexibility index (Phi) is 7.52. The van der Waals surface area contributed by atoms with E-state index in [-0.39, 0.29) is 11.4 Å². The molecule has 3 aromatic rings. The van der Waals surface area contributed by atoms with Gasteiger partial charge in [-0.3, -0.25) is 4.79 Å². The van der Waals surface area contributed by atoms with Crippen molar-refractivity contribution in [1.29, 1.82) is 0 Å². The first-order valence-electron chi connectivity index (χ1n) is 12.4. The lowest BCUT2D eigenvalue weighted by Crippen LogP contribution is -2.50. The number of hydrogen-bond acceptors (Lipinski definition) is 6. The highest BCUT2D eigenvalue weighted by atomic mass is 19.1. The van der Waals surface area contributed by atoms with Crippen LogP contribution in [0.5, 0.6) is 0 Å². The molecule has 4 rings (SSSR count). The maximum atomic E-state index is 14.4. The van der Waals surface area contributed by atoms with Crippen LogP contribution in [-0.4, -0.2) is 58.2 Å². The summed E-state index contributed by atoms with van der Waals surface area (Å²) < 4.78 is 21.2. The van der Waals surface area contributed by atoms with Gasteiger partial charge in [0, 0.05) is 32.2 Å². The summed E-state index contributed by atoms with van der Waals surface area (Å²) in [6.45, 7) is 10.8. The number of nitrogens with zero attached hydrogens (tertiary/aromatic N) is 4. The molecular formula is C28H32FN5O4. The number of ether oxygens (including phenoxy) is 1. The molecule has 0 radical (unpaired) electrons. The number of amides is 2. The van der Waals surface area contributed by atoms with Gasteiger partial charge >= 0.3 is 11.8 Å². The molecule has 9 nitrogen and oxygen atoms in total. The third kappa shape index (κ3) is 5.85. The number of halogens is 1. The Morgan fingerprint density at radius 1 is 0.974 bits per heavy atom. The first-order valence-corrected chi connectivity index (χ1v) is 12.4. The van der Waals surface area contributed by atoms with E-state index in [1.807, 2.05) is 57.7 Å². The molecule has 1 fully saturated rings. The zero-order chi connectivity index (χ0) is 27.6. The largest absolute Gasteiger partial charge is 0.444 e. The number of carbonyl (C=O) groups excluding carboxylic acids is 2. The molecule has 0 bridgehead atoms. The van der Waals surface area contributed by atoms with Gasteiger partial charge in [0.1, 0.15) is 23.1 Å². The number of benzene rings is 2. The number of piperazine rings is 1. The van der Waals surface area contributed by atoms with Crippen molar-refractivity contribution in [3.05, 3.63) is 81.5 Å². The topological polar surface area (TPSA) is 96.8 Å². The van der Waals surface area contributed by atoms with E-state index in [2.05, 4.69) is 10.3 Å². The quantitative estimate of drug-likeness (QED) is 0.550. The monoisotopic (exact) mass is 521 g/mol. The van der Waals surface area contributed by atoms with Crippen molar-refractivity contribution >= 4 is 23.6 Å². The highest BCUT2D eigenvalue weighted by Crippen LogP contribution is 2.25. The maximum absolute atomic E-state index is 14.4. The normalized spacial score (nSPS) is 13.8. The number of aryl methyl sites for hydroxylation is 2. The van der Waals surface area contributed by atoms with Gasteiger partial charge < -0.3 is 19.9 Å². The number of rotatable bonds is 4. The van der Waals surface area contributed by atoms with Gasteiger partial charge in [0.05, 0.1) is 11.3 Å². The van der Waals surface area contributed by atoms with Crippen LogP contribution in [0.15, 0.2) is 53.3 Å². The van der Waals surface area contributed by atoms with E-state index in [0.29, 0.717) is 37.7 Å². The molecular weight excluding hydrogens is 489 g/mol. The predicted molar refractivity (Wildman–Crippen MR) is 144 cm³/mol. The molecule has 2 heterocycles. The van der Waals surface area contributed by atoms with Crippen LogP contribution in [0.25, 0.3) is 5.69 Å². The molecule has 1 aliphatic heterocycles. The van der Waals surface area contributed by atoms with E-state index in [4.69, 9.17) is 4.74 Å². The minimum atomic E-state index is -0.686. The smallest absolute Gasteiger partial charge is 0.410 e. The Morgan fingerprint density at radius 2 is 1.61 bits per heavy atom. The fourth-order valence-corrected chi connectivity index (χ4v) is 4.37. The summed E-state index contributed by atoms with van der Waals surface area (Å²) in [5.41, 5.74) is 0.896. The van der Waals surface area contributed by atoms with E-state index in [9.17, 15) is 18.8 Å². The molecule has 1 aromatic heterocycles. The molecule has 38 heavy (non-hydrogen) atoms. The average molecular weight is 522 g/mol. The lowest BCUT2D eigenvalue weighted by Gasteiger charge is -2.36. The van der Waals surface area contributed by atoms with Crippen LogP contribution < -0.4 is 15.9 Å². The molecule has 2 amide bonds. The molecule has 10 heteroatoms. The Labute approximate surface area is 220 Å². The third-order valence-electron chi connectivity index (χ3n) is 6.19. The molecule has 0 spiro atoms. The molecule has 0 saturated carbocycles. The van der Waals surface area contributed by atoms with Crippen LogP contribution in [-0.2, 0) is 4.74 Å². The molecule has 0 aliphatic carbocycles. The second-order valence-electron chi connectivity index (χ2n) is 10.2. The highest BCUT2D eigenvalue weighted by Gasteiger charge is 2.27. The summed E-state index contributed by atoms with van der Waals surface area (Å²) in [5.74, 6) is -0.835. The first-order chi connectivity index (χ1) is 17.9.